The number of aliphatic hydroxyl groups is 1. The molecule has 0 bridgehead atoms. The molecule has 1 aliphatic rings. The first-order valence-electron chi connectivity index (χ1n) is 6.96. The van der Waals surface area contributed by atoms with E-state index in [-0.39, 0.29) is 40.9 Å². The molecule has 0 aromatic heterocycles. The van der Waals surface area contributed by atoms with E-state index in [2.05, 4.69) is 0 Å². The second kappa shape index (κ2) is 6.80. The first-order chi connectivity index (χ1) is 11.6. The molecule has 0 unspecified atom stereocenters. The Morgan fingerprint density at radius 3 is 2.27 bits per heavy atom. The van der Waals surface area contributed by atoms with E-state index in [1.807, 2.05) is 0 Å². The first kappa shape index (κ1) is 20.6. The molecule has 0 fully saturated rings. The molecule has 9 nitrogen and oxygen atoms in total. The number of ether oxygens (including phenoxy) is 1. The Morgan fingerprint density at radius 1 is 1.04 bits per heavy atom. The Bertz CT molecular complexity index is 960. The van der Waals surface area contributed by atoms with Crippen molar-refractivity contribution in [1.29, 1.82) is 0 Å². The number of phenolic OH excluding ortho intramolecular Hbond substituents is 4. The third-order valence-electron chi connectivity index (χ3n) is 4.02. The molecule has 5 N–H and O–H groups in total. The number of benzene rings is 2. The minimum absolute atomic E-state index is 0. The van der Waals surface area contributed by atoms with Crippen LogP contribution >= 0.6 is 0 Å². The summed E-state index contributed by atoms with van der Waals surface area (Å²) in [5, 5.41) is 48.8. The fourth-order valence-electron chi connectivity index (χ4n) is 2.83. The molecule has 134 valence electrons. The van der Waals surface area contributed by atoms with Gasteiger partial charge in [0.2, 0.25) is 4.93 Å². The summed E-state index contributed by atoms with van der Waals surface area (Å²) in [6, 6.07) is 4.67. The topological polar surface area (TPSA) is 168 Å². The predicted molar refractivity (Wildman–Crippen MR) is 81.3 cm³/mol. The summed E-state index contributed by atoms with van der Waals surface area (Å²) in [5.41, 5.74) is -0.411. The molecule has 0 radical (unpaired) electrons. The number of hydrogen-bond donors (Lipinski definition) is 5. The molecule has 0 spiro atoms. The second-order valence-corrected chi connectivity index (χ2v) is 7.10. The van der Waals surface area contributed by atoms with Crippen LogP contribution in [-0.4, -0.2) is 44.6 Å². The molecule has 1 aliphatic heterocycles. The maximum Gasteiger partial charge on any atom is 1.00 e. The average molecular weight is 392 g/mol. The Morgan fingerprint density at radius 2 is 1.69 bits per heavy atom. The molecule has 0 saturated heterocycles. The van der Waals surface area contributed by atoms with Crippen LogP contribution < -0.4 is 34.3 Å². The minimum atomic E-state index is -5.37. The molecule has 2 atom stereocenters. The van der Waals surface area contributed by atoms with E-state index in [0.29, 0.717) is 0 Å². The van der Waals surface area contributed by atoms with E-state index >= 15 is 0 Å². The summed E-state index contributed by atoms with van der Waals surface area (Å²) in [4.78, 5) is -2.84. The van der Waals surface area contributed by atoms with Gasteiger partial charge < -0.3 is 34.8 Å². The molecule has 3 rings (SSSR count). The Kier molecular flexibility index (Phi) is 5.39. The zero-order valence-corrected chi connectivity index (χ0v) is 16.3. The van der Waals surface area contributed by atoms with Crippen molar-refractivity contribution in [3.63, 3.8) is 0 Å². The standard InChI is InChI=1S/C15H14O9S.Na/c16-8-4-11(18)9-6-14(20)15(25(21,22)23,24-13(9)5-8)7-1-2-10(17)12(19)3-7;/h1-5,14,16-20H,6H2,(H,21,22,23);/q;+1/p-1/t14-,15-;/m0./s1. The first-order valence-corrected chi connectivity index (χ1v) is 8.37. The van der Waals surface area contributed by atoms with Gasteiger partial charge in [-0.25, -0.2) is 8.42 Å². The summed E-state index contributed by atoms with van der Waals surface area (Å²) in [6.45, 7) is 0. The van der Waals surface area contributed by atoms with Gasteiger partial charge in [-0.2, -0.15) is 0 Å². The summed E-state index contributed by atoms with van der Waals surface area (Å²) < 4.78 is 41.2. The van der Waals surface area contributed by atoms with E-state index < -0.39 is 56.1 Å². The number of aliphatic hydroxyl groups excluding tert-OH is 1. The van der Waals surface area contributed by atoms with Gasteiger partial charge in [0.1, 0.15) is 33.5 Å². The quantitative estimate of drug-likeness (QED) is 0.206. The molecule has 2 aromatic rings. The molecule has 0 saturated carbocycles. The molecule has 11 heteroatoms. The second-order valence-electron chi connectivity index (χ2n) is 5.59. The van der Waals surface area contributed by atoms with Crippen molar-refractivity contribution < 1.29 is 72.8 Å². The summed E-state index contributed by atoms with van der Waals surface area (Å²) in [6.07, 6.45) is -2.40. The summed E-state index contributed by atoms with van der Waals surface area (Å²) >= 11 is 0. The van der Waals surface area contributed by atoms with Gasteiger partial charge in [-0.15, -0.1) is 0 Å². The van der Waals surface area contributed by atoms with Crippen LogP contribution in [0.25, 0.3) is 0 Å². The third kappa shape index (κ3) is 3.08. The van der Waals surface area contributed by atoms with Gasteiger partial charge in [-0.05, 0) is 18.2 Å². The van der Waals surface area contributed by atoms with Crippen LogP contribution in [0.15, 0.2) is 30.3 Å². The number of rotatable bonds is 2. The van der Waals surface area contributed by atoms with E-state index in [4.69, 9.17) is 4.74 Å². The monoisotopic (exact) mass is 392 g/mol. The Balaban J connectivity index is 0.00000243. The molecular formula is C15H13NaO9S. The Hall–Kier alpha value is -1.69. The molecular weight excluding hydrogens is 379 g/mol. The van der Waals surface area contributed by atoms with Crippen molar-refractivity contribution in [2.45, 2.75) is 17.5 Å². The van der Waals surface area contributed by atoms with Crippen LogP contribution in [-0.2, 0) is 21.5 Å². The van der Waals surface area contributed by atoms with Crippen molar-refractivity contribution in [2.24, 2.45) is 0 Å². The maximum absolute atomic E-state index is 12.0. The summed E-state index contributed by atoms with van der Waals surface area (Å²) in [5.74, 6) is -2.49. The minimum Gasteiger partial charge on any atom is -0.745 e. The van der Waals surface area contributed by atoms with Crippen LogP contribution in [0.5, 0.6) is 28.7 Å². The Labute approximate surface area is 170 Å². The summed E-state index contributed by atoms with van der Waals surface area (Å²) in [7, 11) is -5.37. The van der Waals surface area contributed by atoms with Gasteiger partial charge in [-0.1, -0.05) is 0 Å². The maximum atomic E-state index is 12.0. The average Bonchev–Trinajstić information content (AvgIpc) is 2.49. The van der Waals surface area contributed by atoms with Gasteiger partial charge in [0.25, 0.3) is 0 Å². The number of hydrogen-bond acceptors (Lipinski definition) is 9. The number of aromatic hydroxyl groups is 4. The number of phenols is 4. The number of fused-ring (bicyclic) bond motifs is 1. The van der Waals surface area contributed by atoms with Crippen molar-refractivity contribution in [2.75, 3.05) is 0 Å². The van der Waals surface area contributed by atoms with Crippen molar-refractivity contribution >= 4 is 10.1 Å². The van der Waals surface area contributed by atoms with Crippen LogP contribution in [0.3, 0.4) is 0 Å². The van der Waals surface area contributed by atoms with Gasteiger partial charge in [0, 0.05) is 29.7 Å². The molecule has 1 heterocycles. The predicted octanol–water partition coefficient (Wildman–Crippen LogP) is -2.79. The van der Waals surface area contributed by atoms with E-state index in [0.717, 1.165) is 30.3 Å². The van der Waals surface area contributed by atoms with Crippen LogP contribution in [0, 0.1) is 0 Å². The van der Waals surface area contributed by atoms with Gasteiger partial charge >= 0.3 is 29.6 Å². The zero-order valence-electron chi connectivity index (χ0n) is 13.4. The zero-order chi connectivity index (χ0) is 18.6. The third-order valence-corrected chi connectivity index (χ3v) is 5.35. The largest absolute Gasteiger partial charge is 1.00 e. The van der Waals surface area contributed by atoms with Crippen molar-refractivity contribution in [3.8, 4) is 28.7 Å². The van der Waals surface area contributed by atoms with E-state index in [1.165, 1.54) is 0 Å². The smallest absolute Gasteiger partial charge is 0.745 e. The molecule has 0 aliphatic carbocycles. The molecule has 26 heavy (non-hydrogen) atoms. The van der Waals surface area contributed by atoms with Gasteiger partial charge in [-0.3, -0.25) is 0 Å². The fraction of sp³-hybridized carbons (Fsp3) is 0.200. The van der Waals surface area contributed by atoms with Crippen LogP contribution in [0.2, 0.25) is 0 Å². The van der Waals surface area contributed by atoms with Gasteiger partial charge in [0.15, 0.2) is 11.5 Å². The van der Waals surface area contributed by atoms with Gasteiger partial charge in [0.05, 0.1) is 0 Å². The van der Waals surface area contributed by atoms with Crippen LogP contribution in [0.4, 0.5) is 0 Å². The van der Waals surface area contributed by atoms with E-state index in [9.17, 15) is 38.5 Å². The SMILES string of the molecule is O=S(=O)([O-])[C@]1(c2ccc(O)c(O)c2)Oc2cc(O)cc(O)c2C[C@@H]1O.[Na+]. The van der Waals surface area contributed by atoms with Crippen molar-refractivity contribution in [1.82, 2.24) is 0 Å². The fourth-order valence-corrected chi connectivity index (χ4v) is 3.85. The molecule has 0 amide bonds. The molecule has 2 aromatic carbocycles. The van der Waals surface area contributed by atoms with Crippen molar-refractivity contribution in [3.05, 3.63) is 41.5 Å². The van der Waals surface area contributed by atoms with E-state index in [1.54, 1.807) is 0 Å². The van der Waals surface area contributed by atoms with Crippen LogP contribution in [0.1, 0.15) is 11.1 Å². The normalized spacial score (nSPS) is 22.0.